The zero-order chi connectivity index (χ0) is 13.8. The molecule has 2 rings (SSSR count). The number of carbonyl (C=O) groups is 1. The minimum Gasteiger partial charge on any atom is -0.343 e. The maximum atomic E-state index is 11.9. The summed E-state index contributed by atoms with van der Waals surface area (Å²) in [5, 5.41) is 6.05. The zero-order valence-corrected chi connectivity index (χ0v) is 10.6. The van der Waals surface area contributed by atoms with Crippen LogP contribution in [-0.2, 0) is 6.54 Å². The molecule has 2 aromatic heterocycles. The van der Waals surface area contributed by atoms with Crippen LogP contribution < -0.4 is 11.1 Å². The molecule has 2 aromatic rings. The van der Waals surface area contributed by atoms with E-state index in [1.807, 2.05) is 19.9 Å². The molecule has 0 radical (unpaired) electrons. The van der Waals surface area contributed by atoms with Crippen molar-refractivity contribution in [3.63, 3.8) is 0 Å². The molecule has 0 saturated carbocycles. The van der Waals surface area contributed by atoms with E-state index >= 15 is 0 Å². The van der Waals surface area contributed by atoms with Gasteiger partial charge in [0.1, 0.15) is 5.69 Å². The molecule has 0 bridgehead atoms. The van der Waals surface area contributed by atoms with Crippen LogP contribution in [0.25, 0.3) is 0 Å². The number of nitrogens with one attached hydrogen (secondary N) is 2. The monoisotopic (exact) mass is 262 g/mol. The Labute approximate surface area is 109 Å². The molecule has 0 fully saturated rings. The van der Waals surface area contributed by atoms with Crippen molar-refractivity contribution in [2.75, 3.05) is 0 Å². The highest BCUT2D eigenvalue weighted by molar-refractivity contribution is 5.92. The zero-order valence-electron chi connectivity index (χ0n) is 10.6. The maximum absolute atomic E-state index is 11.9. The quantitative estimate of drug-likeness (QED) is 0.849. The molecule has 0 aliphatic heterocycles. The average Bonchev–Trinajstić information content (AvgIpc) is 2.82. The Morgan fingerprint density at radius 1 is 1.53 bits per heavy atom. The fraction of sp³-hybridized carbons (Fsp3) is 0.333. The summed E-state index contributed by atoms with van der Waals surface area (Å²) >= 11 is 0. The Morgan fingerprint density at radius 2 is 2.32 bits per heavy atom. The molecule has 2 heterocycles. The number of hydrogen-bond acceptors (Lipinski definition) is 5. The molecule has 19 heavy (non-hydrogen) atoms. The molecule has 0 unspecified atom stereocenters. The number of aromatic amines is 1. The largest absolute Gasteiger partial charge is 0.438 e. The Hall–Kier alpha value is -2.44. The third kappa shape index (κ3) is 3.27. The summed E-state index contributed by atoms with van der Waals surface area (Å²) in [6.07, 6.45) is 1.60. The third-order valence-electron chi connectivity index (χ3n) is 2.58. The average molecular weight is 262 g/mol. The Balaban J connectivity index is 2.03. The lowest BCUT2D eigenvalue weighted by molar-refractivity contribution is 0.0944. The minimum atomic E-state index is -0.649. The van der Waals surface area contributed by atoms with Crippen molar-refractivity contribution in [1.82, 2.24) is 20.4 Å². The van der Waals surface area contributed by atoms with E-state index in [4.69, 9.17) is 0 Å². The maximum Gasteiger partial charge on any atom is 0.438 e. The van der Waals surface area contributed by atoms with Gasteiger partial charge in [0.25, 0.3) is 5.91 Å². The van der Waals surface area contributed by atoms with Crippen molar-refractivity contribution in [3.05, 3.63) is 46.0 Å². The molecule has 0 aliphatic rings. The lowest BCUT2D eigenvalue weighted by Gasteiger charge is -2.07. The highest BCUT2D eigenvalue weighted by atomic mass is 16.5. The van der Waals surface area contributed by atoms with Gasteiger partial charge in [-0.05, 0) is 23.6 Å². The van der Waals surface area contributed by atoms with E-state index in [0.29, 0.717) is 11.6 Å². The number of nitrogens with zero attached hydrogens (tertiary/aromatic N) is 2. The SMILES string of the molecule is CC(C)c1ccnc(C(=O)NCc2noc(=O)[nH]2)c1. The molecule has 0 saturated heterocycles. The molecular formula is C12H14N4O3. The number of pyridine rings is 1. The first-order valence-electron chi connectivity index (χ1n) is 5.85. The normalized spacial score (nSPS) is 10.7. The van der Waals surface area contributed by atoms with E-state index < -0.39 is 5.76 Å². The minimum absolute atomic E-state index is 0.0815. The number of rotatable bonds is 4. The predicted molar refractivity (Wildman–Crippen MR) is 66.6 cm³/mol. The Morgan fingerprint density at radius 3 is 2.95 bits per heavy atom. The van der Waals surface area contributed by atoms with Crippen molar-refractivity contribution in [1.29, 1.82) is 0 Å². The number of aromatic nitrogens is 3. The second kappa shape index (κ2) is 5.47. The van der Waals surface area contributed by atoms with Gasteiger partial charge in [0, 0.05) is 6.20 Å². The highest BCUT2D eigenvalue weighted by Gasteiger charge is 2.10. The molecular weight excluding hydrogens is 248 g/mol. The van der Waals surface area contributed by atoms with Gasteiger partial charge in [-0.25, -0.2) is 4.79 Å². The summed E-state index contributed by atoms with van der Waals surface area (Å²) in [6, 6.07) is 3.61. The standard InChI is InChI=1S/C12H14N4O3/c1-7(2)8-3-4-13-9(5-8)11(17)14-6-10-15-12(18)19-16-10/h3-5,7H,6H2,1-2H3,(H,14,17)(H,15,16,18). The van der Waals surface area contributed by atoms with Crippen molar-refractivity contribution in [2.45, 2.75) is 26.3 Å². The molecule has 1 amide bonds. The highest BCUT2D eigenvalue weighted by Crippen LogP contribution is 2.13. The van der Waals surface area contributed by atoms with Crippen molar-refractivity contribution in [3.8, 4) is 0 Å². The van der Waals surface area contributed by atoms with E-state index in [2.05, 4.69) is 25.0 Å². The molecule has 0 spiro atoms. The fourth-order valence-corrected chi connectivity index (χ4v) is 1.52. The van der Waals surface area contributed by atoms with Gasteiger partial charge in [0.05, 0.1) is 6.54 Å². The second-order valence-electron chi connectivity index (χ2n) is 4.35. The molecule has 0 aromatic carbocycles. The predicted octanol–water partition coefficient (Wildman–Crippen LogP) is 0.811. The number of hydrogen-bond donors (Lipinski definition) is 2. The molecule has 7 heteroatoms. The van der Waals surface area contributed by atoms with Gasteiger partial charge in [0.2, 0.25) is 0 Å². The summed E-state index contributed by atoms with van der Waals surface area (Å²) in [5.74, 6) is -0.393. The van der Waals surface area contributed by atoms with Crippen LogP contribution in [0.2, 0.25) is 0 Å². The van der Waals surface area contributed by atoms with Crippen LogP contribution in [0, 0.1) is 0 Å². The molecule has 2 N–H and O–H groups in total. The number of amides is 1. The molecule has 0 aliphatic carbocycles. The van der Waals surface area contributed by atoms with Crippen LogP contribution in [-0.4, -0.2) is 21.0 Å². The topological polar surface area (TPSA) is 101 Å². The first-order chi connectivity index (χ1) is 9.06. The van der Waals surface area contributed by atoms with Crippen molar-refractivity contribution >= 4 is 5.91 Å². The van der Waals surface area contributed by atoms with E-state index in [1.165, 1.54) is 0 Å². The van der Waals surface area contributed by atoms with Gasteiger partial charge >= 0.3 is 5.76 Å². The van der Waals surface area contributed by atoms with Crippen molar-refractivity contribution in [2.24, 2.45) is 0 Å². The van der Waals surface area contributed by atoms with E-state index in [1.54, 1.807) is 12.3 Å². The van der Waals surface area contributed by atoms with Gasteiger partial charge in [-0.3, -0.25) is 19.3 Å². The lowest BCUT2D eigenvalue weighted by Crippen LogP contribution is -2.24. The second-order valence-corrected chi connectivity index (χ2v) is 4.35. The summed E-state index contributed by atoms with van der Waals surface area (Å²) in [6.45, 7) is 4.16. The number of carbonyl (C=O) groups excluding carboxylic acids is 1. The van der Waals surface area contributed by atoms with Gasteiger partial charge in [-0.1, -0.05) is 19.0 Å². The van der Waals surface area contributed by atoms with E-state index in [-0.39, 0.29) is 18.3 Å². The van der Waals surface area contributed by atoms with Crippen LogP contribution >= 0.6 is 0 Å². The fourth-order valence-electron chi connectivity index (χ4n) is 1.52. The molecule has 7 nitrogen and oxygen atoms in total. The van der Waals surface area contributed by atoms with Gasteiger partial charge in [0.15, 0.2) is 5.82 Å². The Kier molecular flexibility index (Phi) is 3.74. The summed E-state index contributed by atoms with van der Waals surface area (Å²) in [4.78, 5) is 28.9. The van der Waals surface area contributed by atoms with Crippen LogP contribution in [0.5, 0.6) is 0 Å². The van der Waals surface area contributed by atoms with Crippen LogP contribution in [0.3, 0.4) is 0 Å². The van der Waals surface area contributed by atoms with Crippen LogP contribution in [0.4, 0.5) is 0 Å². The molecule has 0 atom stereocenters. The number of H-pyrrole nitrogens is 1. The summed E-state index contributed by atoms with van der Waals surface area (Å²) < 4.78 is 4.33. The smallest absolute Gasteiger partial charge is 0.343 e. The first kappa shape index (κ1) is 13.0. The summed E-state index contributed by atoms with van der Waals surface area (Å²) in [7, 11) is 0. The van der Waals surface area contributed by atoms with Gasteiger partial charge < -0.3 is 5.32 Å². The lowest BCUT2D eigenvalue weighted by atomic mass is 10.0. The van der Waals surface area contributed by atoms with Crippen LogP contribution in [0.1, 0.15) is 41.6 Å². The van der Waals surface area contributed by atoms with E-state index in [0.717, 1.165) is 5.56 Å². The Bertz CT molecular complexity index is 630. The first-order valence-corrected chi connectivity index (χ1v) is 5.85. The van der Waals surface area contributed by atoms with Crippen LogP contribution in [0.15, 0.2) is 27.6 Å². The van der Waals surface area contributed by atoms with Gasteiger partial charge in [-0.15, -0.1) is 0 Å². The van der Waals surface area contributed by atoms with Crippen molar-refractivity contribution < 1.29 is 9.32 Å². The summed E-state index contributed by atoms with van der Waals surface area (Å²) in [5.41, 5.74) is 1.37. The molecule has 100 valence electrons. The van der Waals surface area contributed by atoms with E-state index in [9.17, 15) is 9.59 Å². The van der Waals surface area contributed by atoms with Gasteiger partial charge in [-0.2, -0.15) is 0 Å². The third-order valence-corrected chi connectivity index (χ3v) is 2.58.